The molecule has 0 saturated carbocycles. The Morgan fingerprint density at radius 1 is 1.40 bits per heavy atom. The highest BCUT2D eigenvalue weighted by Crippen LogP contribution is 2.21. The molecule has 1 heterocycles. The number of halogens is 4. The predicted molar refractivity (Wildman–Crippen MR) is 85.9 cm³/mol. The average molecular weight is 375 g/mol. The Bertz CT molecular complexity index is 760. The van der Waals surface area contributed by atoms with E-state index in [9.17, 15) is 18.0 Å². The molecule has 0 radical (unpaired) electrons. The van der Waals surface area contributed by atoms with E-state index in [1.165, 1.54) is 10.9 Å². The van der Waals surface area contributed by atoms with Crippen LogP contribution < -0.4 is 5.32 Å². The van der Waals surface area contributed by atoms with Gasteiger partial charge in [0.05, 0.1) is 23.2 Å². The van der Waals surface area contributed by atoms with E-state index in [2.05, 4.69) is 15.1 Å². The zero-order chi connectivity index (χ0) is 18.4. The lowest BCUT2D eigenvalue weighted by Gasteiger charge is -2.07. The number of oxime groups is 1. The third-order valence-electron chi connectivity index (χ3n) is 2.99. The van der Waals surface area contributed by atoms with Gasteiger partial charge < -0.3 is 10.2 Å². The minimum absolute atomic E-state index is 0.289. The van der Waals surface area contributed by atoms with E-state index in [-0.39, 0.29) is 5.15 Å². The van der Waals surface area contributed by atoms with Crippen molar-refractivity contribution in [2.75, 3.05) is 13.2 Å². The first kappa shape index (κ1) is 18.8. The predicted octanol–water partition coefficient (Wildman–Crippen LogP) is 2.86. The number of carbonyl (C=O) groups is 1. The summed E-state index contributed by atoms with van der Waals surface area (Å²) in [5, 5.41) is 9.79. The molecule has 0 atom stereocenters. The zero-order valence-corrected chi connectivity index (χ0v) is 13.8. The molecule has 0 bridgehead atoms. The minimum atomic E-state index is -4.48. The standard InChI is InChI=1S/C15H14ClF3N4O2/c1-10-12(7-21-25-8-13(24)20-9-15(17,18)19)14(16)23(22-10)11-5-3-2-4-6-11/h2-7H,8-9H2,1H3,(H,20,24). The van der Waals surface area contributed by atoms with Crippen molar-refractivity contribution < 1.29 is 22.8 Å². The lowest BCUT2D eigenvalue weighted by molar-refractivity contribution is -0.141. The number of aryl methyl sites for hydroxylation is 1. The molecule has 25 heavy (non-hydrogen) atoms. The summed E-state index contributed by atoms with van der Waals surface area (Å²) in [5.74, 6) is -0.933. The first-order valence-corrected chi connectivity index (χ1v) is 7.45. The molecule has 0 aliphatic carbocycles. The molecule has 0 fully saturated rings. The van der Waals surface area contributed by atoms with Crippen LogP contribution in [-0.4, -0.2) is 41.2 Å². The molecule has 1 N–H and O–H groups in total. The van der Waals surface area contributed by atoms with Gasteiger partial charge in [0.15, 0.2) is 6.61 Å². The van der Waals surface area contributed by atoms with Gasteiger partial charge in [-0.1, -0.05) is 35.0 Å². The third-order valence-corrected chi connectivity index (χ3v) is 3.35. The monoisotopic (exact) mass is 374 g/mol. The van der Waals surface area contributed by atoms with E-state index >= 15 is 0 Å². The first-order valence-electron chi connectivity index (χ1n) is 7.07. The topological polar surface area (TPSA) is 68.5 Å². The number of para-hydroxylation sites is 1. The molecule has 2 rings (SSSR count). The fraction of sp³-hybridized carbons (Fsp3) is 0.267. The molecular weight excluding hydrogens is 361 g/mol. The van der Waals surface area contributed by atoms with Crippen LogP contribution in [0.1, 0.15) is 11.3 Å². The number of aromatic nitrogens is 2. The van der Waals surface area contributed by atoms with Crippen LogP contribution in [0.25, 0.3) is 5.69 Å². The molecule has 10 heteroatoms. The number of amides is 1. The summed E-state index contributed by atoms with van der Waals surface area (Å²) in [7, 11) is 0. The Hall–Kier alpha value is -2.55. The highest BCUT2D eigenvalue weighted by atomic mass is 35.5. The van der Waals surface area contributed by atoms with Crippen LogP contribution >= 0.6 is 11.6 Å². The van der Waals surface area contributed by atoms with Gasteiger partial charge in [-0.15, -0.1) is 0 Å². The molecular formula is C15H14ClF3N4O2. The van der Waals surface area contributed by atoms with E-state index in [1.807, 2.05) is 30.3 Å². The van der Waals surface area contributed by atoms with Crippen LogP contribution in [0.15, 0.2) is 35.5 Å². The van der Waals surface area contributed by atoms with Gasteiger partial charge in [0.1, 0.15) is 11.7 Å². The molecule has 0 aliphatic rings. The summed E-state index contributed by atoms with van der Waals surface area (Å²) < 4.78 is 37.4. The van der Waals surface area contributed by atoms with E-state index in [4.69, 9.17) is 11.6 Å². The number of carbonyl (C=O) groups excluding carboxylic acids is 1. The molecule has 0 aliphatic heterocycles. The highest BCUT2D eigenvalue weighted by Gasteiger charge is 2.27. The van der Waals surface area contributed by atoms with E-state index < -0.39 is 25.2 Å². The summed E-state index contributed by atoms with van der Waals surface area (Å²) in [4.78, 5) is 15.9. The maximum atomic E-state index is 11.9. The number of nitrogens with zero attached hydrogens (tertiary/aromatic N) is 3. The van der Waals surface area contributed by atoms with Crippen LogP contribution in [0.3, 0.4) is 0 Å². The number of alkyl halides is 3. The van der Waals surface area contributed by atoms with Crippen molar-refractivity contribution in [3.05, 3.63) is 46.7 Å². The number of nitrogens with one attached hydrogen (secondary N) is 1. The van der Waals surface area contributed by atoms with Gasteiger partial charge in [0.2, 0.25) is 0 Å². The van der Waals surface area contributed by atoms with Crippen LogP contribution in [-0.2, 0) is 9.63 Å². The summed E-state index contributed by atoms with van der Waals surface area (Å²) in [5.41, 5.74) is 1.80. The fourth-order valence-electron chi connectivity index (χ4n) is 1.83. The molecule has 0 spiro atoms. The maximum absolute atomic E-state index is 11.9. The van der Waals surface area contributed by atoms with Crippen LogP contribution in [0.2, 0.25) is 5.15 Å². The van der Waals surface area contributed by atoms with E-state index in [1.54, 1.807) is 12.2 Å². The van der Waals surface area contributed by atoms with Crippen LogP contribution in [0.4, 0.5) is 13.2 Å². The fourth-order valence-corrected chi connectivity index (χ4v) is 2.15. The number of hydrogen-bond acceptors (Lipinski definition) is 4. The summed E-state index contributed by atoms with van der Waals surface area (Å²) in [6, 6.07) is 9.16. The van der Waals surface area contributed by atoms with Gasteiger partial charge in [0.25, 0.3) is 5.91 Å². The zero-order valence-electron chi connectivity index (χ0n) is 13.0. The van der Waals surface area contributed by atoms with Gasteiger partial charge >= 0.3 is 6.18 Å². The van der Waals surface area contributed by atoms with Gasteiger partial charge in [-0.25, -0.2) is 4.68 Å². The van der Waals surface area contributed by atoms with E-state index in [0.717, 1.165) is 5.69 Å². The van der Waals surface area contributed by atoms with Crippen molar-refractivity contribution in [2.24, 2.45) is 5.16 Å². The SMILES string of the molecule is Cc1nn(-c2ccccc2)c(Cl)c1C=NOCC(=O)NCC(F)(F)F. The Balaban J connectivity index is 1.96. The Kier molecular flexibility index (Phi) is 6.02. The Morgan fingerprint density at radius 3 is 2.72 bits per heavy atom. The molecule has 0 unspecified atom stereocenters. The normalized spacial score (nSPS) is 11.7. The van der Waals surface area contributed by atoms with Crippen molar-refractivity contribution in [2.45, 2.75) is 13.1 Å². The van der Waals surface area contributed by atoms with Crippen molar-refractivity contribution in [1.82, 2.24) is 15.1 Å². The van der Waals surface area contributed by atoms with Gasteiger partial charge in [-0.05, 0) is 19.1 Å². The van der Waals surface area contributed by atoms with Gasteiger partial charge in [0, 0.05) is 0 Å². The lowest BCUT2D eigenvalue weighted by atomic mass is 10.3. The highest BCUT2D eigenvalue weighted by molar-refractivity contribution is 6.32. The second-order valence-corrected chi connectivity index (χ2v) is 5.30. The Labute approximate surface area is 146 Å². The minimum Gasteiger partial charge on any atom is -0.386 e. The quantitative estimate of drug-likeness (QED) is 0.624. The largest absolute Gasteiger partial charge is 0.405 e. The molecule has 134 valence electrons. The van der Waals surface area contributed by atoms with Crippen LogP contribution in [0.5, 0.6) is 0 Å². The first-order chi connectivity index (χ1) is 11.8. The van der Waals surface area contributed by atoms with E-state index in [0.29, 0.717) is 11.3 Å². The average Bonchev–Trinajstić information content (AvgIpc) is 2.84. The van der Waals surface area contributed by atoms with Crippen LogP contribution in [0, 0.1) is 6.92 Å². The van der Waals surface area contributed by atoms with Crippen molar-refractivity contribution in [1.29, 1.82) is 0 Å². The smallest absolute Gasteiger partial charge is 0.386 e. The lowest BCUT2D eigenvalue weighted by Crippen LogP contribution is -2.35. The van der Waals surface area contributed by atoms with Crippen molar-refractivity contribution in [3.63, 3.8) is 0 Å². The third kappa shape index (κ3) is 5.49. The van der Waals surface area contributed by atoms with Gasteiger partial charge in [-0.3, -0.25) is 4.79 Å². The molecule has 0 saturated heterocycles. The molecule has 1 aromatic carbocycles. The summed E-state index contributed by atoms with van der Waals surface area (Å²) >= 11 is 6.25. The second kappa shape index (κ2) is 8.02. The maximum Gasteiger partial charge on any atom is 0.405 e. The van der Waals surface area contributed by atoms with Crippen molar-refractivity contribution in [3.8, 4) is 5.69 Å². The molecule has 2 aromatic rings. The number of rotatable bonds is 6. The molecule has 1 aromatic heterocycles. The summed E-state index contributed by atoms with van der Waals surface area (Å²) in [6.07, 6.45) is -3.23. The number of benzene rings is 1. The Morgan fingerprint density at radius 2 is 2.08 bits per heavy atom. The van der Waals surface area contributed by atoms with Crippen molar-refractivity contribution >= 4 is 23.7 Å². The summed E-state index contributed by atoms with van der Waals surface area (Å²) in [6.45, 7) is -0.355. The number of hydrogen-bond donors (Lipinski definition) is 1. The molecule has 1 amide bonds. The van der Waals surface area contributed by atoms with Gasteiger partial charge in [-0.2, -0.15) is 18.3 Å². The molecule has 6 nitrogen and oxygen atoms in total. The second-order valence-electron chi connectivity index (χ2n) is 4.94.